The number of esters is 1. The molecule has 124 valence electrons. The third kappa shape index (κ3) is 5.59. The Hall–Kier alpha value is -0.610. The van der Waals surface area contributed by atoms with Gasteiger partial charge < -0.3 is 10.1 Å². The largest absolute Gasteiger partial charge is 0.465 e. The van der Waals surface area contributed by atoms with Gasteiger partial charge in [-0.15, -0.1) is 0 Å². The van der Waals surface area contributed by atoms with Crippen LogP contribution in [0.25, 0.3) is 0 Å². The number of rotatable bonds is 10. The van der Waals surface area contributed by atoms with Crippen molar-refractivity contribution in [2.24, 2.45) is 5.92 Å². The van der Waals surface area contributed by atoms with E-state index in [2.05, 4.69) is 31.0 Å². The molecule has 0 amide bonds. The lowest BCUT2D eigenvalue weighted by Gasteiger charge is -2.38. The van der Waals surface area contributed by atoms with Gasteiger partial charge in [-0.1, -0.05) is 6.92 Å². The molecule has 0 bridgehead atoms. The Balaban J connectivity index is 2.72. The Labute approximate surface area is 130 Å². The number of nitrogens with zero attached hydrogens (tertiary/aromatic N) is 1. The fourth-order valence-corrected chi connectivity index (χ4v) is 3.11. The van der Waals surface area contributed by atoms with Gasteiger partial charge in [-0.25, -0.2) is 0 Å². The van der Waals surface area contributed by atoms with Crippen molar-refractivity contribution in [3.8, 4) is 0 Å². The SMILES string of the molecule is CCNC(C)(CC(C)N(CC1CC1)C(C)C)C(=O)OCC. The van der Waals surface area contributed by atoms with E-state index in [1.807, 2.05) is 20.8 Å². The molecule has 4 nitrogen and oxygen atoms in total. The van der Waals surface area contributed by atoms with Crippen molar-refractivity contribution in [3.05, 3.63) is 0 Å². The maximum absolute atomic E-state index is 12.3. The number of carbonyl (C=O) groups is 1. The van der Waals surface area contributed by atoms with Gasteiger partial charge >= 0.3 is 5.97 Å². The third-order valence-electron chi connectivity index (χ3n) is 4.39. The Bertz CT molecular complexity index is 329. The Morgan fingerprint density at radius 2 is 1.95 bits per heavy atom. The van der Waals surface area contributed by atoms with Crippen molar-refractivity contribution in [1.29, 1.82) is 0 Å². The zero-order valence-corrected chi connectivity index (χ0v) is 14.7. The summed E-state index contributed by atoms with van der Waals surface area (Å²) in [5.41, 5.74) is -0.596. The van der Waals surface area contributed by atoms with Gasteiger partial charge in [-0.05, 0) is 66.3 Å². The van der Waals surface area contributed by atoms with Crippen LogP contribution in [-0.2, 0) is 9.53 Å². The molecule has 1 aliphatic rings. The minimum atomic E-state index is -0.596. The van der Waals surface area contributed by atoms with Crippen LogP contribution in [0.2, 0.25) is 0 Å². The second-order valence-corrected chi connectivity index (χ2v) is 6.87. The van der Waals surface area contributed by atoms with E-state index < -0.39 is 5.54 Å². The molecule has 0 aromatic heterocycles. The van der Waals surface area contributed by atoms with E-state index in [1.54, 1.807) is 0 Å². The van der Waals surface area contributed by atoms with Crippen molar-refractivity contribution in [2.75, 3.05) is 19.7 Å². The van der Waals surface area contributed by atoms with Gasteiger partial charge in [-0.2, -0.15) is 0 Å². The number of hydrogen-bond acceptors (Lipinski definition) is 4. The molecule has 0 heterocycles. The average molecular weight is 298 g/mol. The van der Waals surface area contributed by atoms with E-state index in [1.165, 1.54) is 12.8 Å². The van der Waals surface area contributed by atoms with E-state index in [0.29, 0.717) is 18.7 Å². The van der Waals surface area contributed by atoms with Crippen molar-refractivity contribution >= 4 is 5.97 Å². The molecule has 2 unspecified atom stereocenters. The van der Waals surface area contributed by atoms with Crippen LogP contribution in [0, 0.1) is 5.92 Å². The predicted molar refractivity (Wildman–Crippen MR) is 87.4 cm³/mol. The van der Waals surface area contributed by atoms with Crippen LogP contribution in [0.5, 0.6) is 0 Å². The fraction of sp³-hybridized carbons (Fsp3) is 0.941. The van der Waals surface area contributed by atoms with Gasteiger partial charge in [-0.3, -0.25) is 9.69 Å². The smallest absolute Gasteiger partial charge is 0.326 e. The summed E-state index contributed by atoms with van der Waals surface area (Å²) in [5, 5.41) is 3.34. The number of hydrogen-bond donors (Lipinski definition) is 1. The van der Waals surface area contributed by atoms with E-state index in [-0.39, 0.29) is 5.97 Å². The summed E-state index contributed by atoms with van der Waals surface area (Å²) in [6.07, 6.45) is 3.50. The predicted octanol–water partition coefficient (Wildman–Crippen LogP) is 2.82. The monoisotopic (exact) mass is 298 g/mol. The molecule has 0 saturated heterocycles. The van der Waals surface area contributed by atoms with Crippen LogP contribution in [0.1, 0.15) is 60.8 Å². The summed E-state index contributed by atoms with van der Waals surface area (Å²) >= 11 is 0. The van der Waals surface area contributed by atoms with Crippen molar-refractivity contribution in [3.63, 3.8) is 0 Å². The molecule has 1 aliphatic carbocycles. The highest BCUT2D eigenvalue weighted by molar-refractivity contribution is 5.80. The lowest BCUT2D eigenvalue weighted by atomic mass is 9.92. The minimum Gasteiger partial charge on any atom is -0.465 e. The number of carbonyl (C=O) groups excluding carboxylic acids is 1. The maximum Gasteiger partial charge on any atom is 0.326 e. The molecule has 1 saturated carbocycles. The summed E-state index contributed by atoms with van der Waals surface area (Å²) in [4.78, 5) is 14.8. The maximum atomic E-state index is 12.3. The summed E-state index contributed by atoms with van der Waals surface area (Å²) in [6, 6.07) is 0.868. The van der Waals surface area contributed by atoms with Crippen LogP contribution in [0.3, 0.4) is 0 Å². The molecular formula is C17H34N2O2. The first-order valence-corrected chi connectivity index (χ1v) is 8.52. The first-order valence-electron chi connectivity index (χ1n) is 8.52. The van der Waals surface area contributed by atoms with Crippen LogP contribution in [-0.4, -0.2) is 48.2 Å². The van der Waals surface area contributed by atoms with Crippen LogP contribution >= 0.6 is 0 Å². The molecule has 21 heavy (non-hydrogen) atoms. The molecule has 0 aromatic rings. The van der Waals surface area contributed by atoms with Crippen LogP contribution in [0.15, 0.2) is 0 Å². The number of nitrogens with one attached hydrogen (secondary N) is 1. The molecule has 1 N–H and O–H groups in total. The highest BCUT2D eigenvalue weighted by Gasteiger charge is 2.38. The van der Waals surface area contributed by atoms with E-state index in [9.17, 15) is 4.79 Å². The standard InChI is InChI=1S/C17H34N2O2/c1-7-18-17(6,16(20)21-8-2)11-14(5)19(13(3)4)12-15-9-10-15/h13-15,18H,7-12H2,1-6H3. The Morgan fingerprint density at radius 3 is 2.38 bits per heavy atom. The molecule has 0 aromatic carbocycles. The zero-order valence-electron chi connectivity index (χ0n) is 14.7. The van der Waals surface area contributed by atoms with E-state index >= 15 is 0 Å². The molecule has 0 radical (unpaired) electrons. The highest BCUT2D eigenvalue weighted by atomic mass is 16.5. The molecule has 4 heteroatoms. The van der Waals surface area contributed by atoms with Gasteiger partial charge in [0.15, 0.2) is 0 Å². The van der Waals surface area contributed by atoms with E-state index in [4.69, 9.17) is 4.74 Å². The second-order valence-electron chi connectivity index (χ2n) is 6.87. The Kier molecular flexibility index (Phi) is 7.14. The van der Waals surface area contributed by atoms with Gasteiger partial charge in [0.1, 0.15) is 5.54 Å². The molecule has 0 aliphatic heterocycles. The average Bonchev–Trinajstić information content (AvgIpc) is 3.19. The highest BCUT2D eigenvalue weighted by Crippen LogP contribution is 2.32. The van der Waals surface area contributed by atoms with Crippen LogP contribution < -0.4 is 5.32 Å². The minimum absolute atomic E-state index is 0.131. The molecule has 2 atom stereocenters. The topological polar surface area (TPSA) is 41.6 Å². The summed E-state index contributed by atoms with van der Waals surface area (Å²) < 4.78 is 5.27. The summed E-state index contributed by atoms with van der Waals surface area (Å²) in [6.45, 7) is 15.0. The van der Waals surface area contributed by atoms with Crippen LogP contribution in [0.4, 0.5) is 0 Å². The second kappa shape index (κ2) is 8.14. The molecular weight excluding hydrogens is 264 g/mol. The van der Waals surface area contributed by atoms with Gasteiger partial charge in [0.25, 0.3) is 0 Å². The zero-order chi connectivity index (χ0) is 16.0. The first-order chi connectivity index (χ1) is 9.84. The van der Waals surface area contributed by atoms with Crippen molar-refractivity contribution in [1.82, 2.24) is 10.2 Å². The summed E-state index contributed by atoms with van der Waals surface area (Å²) in [5.74, 6) is 0.733. The molecule has 1 rings (SSSR count). The normalized spacial score (nSPS) is 19.6. The van der Waals surface area contributed by atoms with Crippen molar-refractivity contribution in [2.45, 2.75) is 78.4 Å². The molecule has 1 fully saturated rings. The summed E-state index contributed by atoms with van der Waals surface area (Å²) in [7, 11) is 0. The lowest BCUT2D eigenvalue weighted by Crippen LogP contribution is -2.55. The fourth-order valence-electron chi connectivity index (χ4n) is 3.11. The number of ether oxygens (including phenoxy) is 1. The van der Waals surface area contributed by atoms with Crippen molar-refractivity contribution < 1.29 is 9.53 Å². The molecule has 0 spiro atoms. The van der Waals surface area contributed by atoms with E-state index in [0.717, 1.165) is 25.4 Å². The third-order valence-corrected chi connectivity index (χ3v) is 4.39. The lowest BCUT2D eigenvalue weighted by molar-refractivity contribution is -0.151. The van der Waals surface area contributed by atoms with Gasteiger partial charge in [0, 0.05) is 18.6 Å². The Morgan fingerprint density at radius 1 is 1.33 bits per heavy atom. The van der Waals surface area contributed by atoms with Gasteiger partial charge in [0.05, 0.1) is 6.61 Å². The first kappa shape index (κ1) is 18.4. The number of likely N-dealkylation sites (N-methyl/N-ethyl adjacent to an activating group) is 1. The quantitative estimate of drug-likeness (QED) is 0.630. The van der Waals surface area contributed by atoms with Gasteiger partial charge in [0.2, 0.25) is 0 Å².